The highest BCUT2D eigenvalue weighted by atomic mass is 79.9. The van der Waals surface area contributed by atoms with Crippen LogP contribution in [0.15, 0.2) is 35.1 Å². The van der Waals surface area contributed by atoms with Crippen LogP contribution in [0.1, 0.15) is 62.0 Å². The highest BCUT2D eigenvalue weighted by Crippen LogP contribution is 2.42. The fourth-order valence-corrected chi connectivity index (χ4v) is 5.14. The molecular formula is C25H34BrN5O2. The third-order valence-electron chi connectivity index (χ3n) is 6.64. The number of benzene rings is 1. The van der Waals surface area contributed by atoms with Crippen molar-refractivity contribution in [1.82, 2.24) is 20.2 Å². The number of aliphatic hydroxyl groups excluding tert-OH is 1. The van der Waals surface area contributed by atoms with Gasteiger partial charge in [0.15, 0.2) is 0 Å². The zero-order valence-electron chi connectivity index (χ0n) is 19.7. The van der Waals surface area contributed by atoms with Crippen molar-refractivity contribution < 1.29 is 9.90 Å². The van der Waals surface area contributed by atoms with Gasteiger partial charge < -0.3 is 20.2 Å². The average molecular weight is 516 g/mol. The number of aliphatic hydroxyl groups is 1. The number of piperazine rings is 1. The number of nitrogens with zero attached hydrogens (tertiary/aromatic N) is 4. The van der Waals surface area contributed by atoms with Gasteiger partial charge in [0.2, 0.25) is 5.91 Å². The van der Waals surface area contributed by atoms with E-state index in [1.54, 1.807) is 6.33 Å². The second-order valence-electron chi connectivity index (χ2n) is 9.62. The van der Waals surface area contributed by atoms with Crippen LogP contribution in [0.4, 0.5) is 5.82 Å². The van der Waals surface area contributed by atoms with Crippen molar-refractivity contribution >= 4 is 27.7 Å². The van der Waals surface area contributed by atoms with Crippen molar-refractivity contribution in [3.05, 3.63) is 51.9 Å². The molecule has 2 heterocycles. The Labute approximate surface area is 204 Å². The number of aromatic nitrogens is 2. The topological polar surface area (TPSA) is 81.6 Å². The highest BCUT2D eigenvalue weighted by molar-refractivity contribution is 9.10. The first-order valence-electron chi connectivity index (χ1n) is 11.9. The fraction of sp³-hybridized carbons (Fsp3) is 0.560. The summed E-state index contributed by atoms with van der Waals surface area (Å²) >= 11 is 3.50. The molecule has 4 rings (SSSR count). The van der Waals surface area contributed by atoms with Crippen molar-refractivity contribution in [2.45, 2.75) is 45.1 Å². The number of anilines is 1. The fourth-order valence-electron chi connectivity index (χ4n) is 4.87. The molecule has 2 N–H and O–H groups in total. The molecule has 0 spiro atoms. The lowest BCUT2D eigenvalue weighted by molar-refractivity contribution is -0.133. The number of nitrogens with one attached hydrogen (secondary N) is 1. The molecule has 1 aliphatic heterocycles. The van der Waals surface area contributed by atoms with E-state index in [9.17, 15) is 9.90 Å². The molecule has 1 saturated heterocycles. The molecule has 2 aromatic rings. The smallest absolute Gasteiger partial charge is 0.231 e. The maximum atomic E-state index is 13.6. The molecule has 0 unspecified atom stereocenters. The van der Waals surface area contributed by atoms with Crippen LogP contribution in [0, 0.1) is 5.92 Å². The normalized spacial score (nSPS) is 21.4. The molecule has 1 aromatic carbocycles. The Morgan fingerprint density at radius 2 is 1.85 bits per heavy atom. The van der Waals surface area contributed by atoms with Gasteiger partial charge in [-0.15, -0.1) is 0 Å². The van der Waals surface area contributed by atoms with Crippen molar-refractivity contribution in [2.75, 3.05) is 44.2 Å². The summed E-state index contributed by atoms with van der Waals surface area (Å²) in [5, 5.41) is 13.8. The Morgan fingerprint density at radius 3 is 2.52 bits per heavy atom. The van der Waals surface area contributed by atoms with E-state index in [2.05, 4.69) is 56.9 Å². The summed E-state index contributed by atoms with van der Waals surface area (Å²) in [7, 11) is 0. The molecule has 2 aliphatic rings. The van der Waals surface area contributed by atoms with Gasteiger partial charge in [0, 0.05) is 42.8 Å². The van der Waals surface area contributed by atoms with Crippen molar-refractivity contribution in [3.8, 4) is 0 Å². The van der Waals surface area contributed by atoms with Crippen LogP contribution in [0.25, 0.3) is 0 Å². The van der Waals surface area contributed by atoms with Crippen molar-refractivity contribution in [1.29, 1.82) is 0 Å². The van der Waals surface area contributed by atoms with Crippen LogP contribution in [0.3, 0.4) is 0 Å². The minimum atomic E-state index is -0.510. The van der Waals surface area contributed by atoms with Crippen LogP contribution in [0.5, 0.6) is 0 Å². The average Bonchev–Trinajstić information content (AvgIpc) is 3.11. The number of carbonyl (C=O) groups is 1. The summed E-state index contributed by atoms with van der Waals surface area (Å²) in [5.41, 5.74) is 2.87. The van der Waals surface area contributed by atoms with Crippen LogP contribution in [-0.2, 0) is 4.79 Å². The second kappa shape index (κ2) is 10.5. The zero-order chi connectivity index (χ0) is 23.5. The van der Waals surface area contributed by atoms with E-state index in [1.165, 1.54) is 0 Å². The van der Waals surface area contributed by atoms with Crippen LogP contribution in [-0.4, -0.2) is 65.2 Å². The highest BCUT2D eigenvalue weighted by Gasteiger charge is 2.35. The van der Waals surface area contributed by atoms with Gasteiger partial charge in [-0.2, -0.15) is 0 Å². The van der Waals surface area contributed by atoms with Gasteiger partial charge in [-0.1, -0.05) is 48.8 Å². The molecule has 1 aromatic heterocycles. The summed E-state index contributed by atoms with van der Waals surface area (Å²) in [4.78, 5) is 26.7. The van der Waals surface area contributed by atoms with E-state index >= 15 is 0 Å². The van der Waals surface area contributed by atoms with Crippen LogP contribution < -0.4 is 10.2 Å². The quantitative estimate of drug-likeness (QED) is 0.587. The lowest BCUT2D eigenvalue weighted by Crippen LogP contribution is -2.51. The Bertz CT molecular complexity index is 960. The maximum Gasteiger partial charge on any atom is 0.231 e. The summed E-state index contributed by atoms with van der Waals surface area (Å²) < 4.78 is 1.01. The predicted molar refractivity (Wildman–Crippen MR) is 133 cm³/mol. The molecule has 3 atom stereocenters. The number of carbonyl (C=O) groups excluding carboxylic acids is 1. The first kappa shape index (κ1) is 24.1. The summed E-state index contributed by atoms with van der Waals surface area (Å²) in [5.74, 6) is 1.65. The van der Waals surface area contributed by atoms with E-state index in [0.29, 0.717) is 32.0 Å². The SMILES string of the molecule is CC(C)CNC[C@@H](C(=O)N1CCN(c2ncnc3c2[C@H](C)C[C@H]3O)CC1)c1ccc(Br)cc1. The first-order valence-corrected chi connectivity index (χ1v) is 12.7. The summed E-state index contributed by atoms with van der Waals surface area (Å²) in [6.45, 7) is 10.8. The predicted octanol–water partition coefficient (Wildman–Crippen LogP) is 3.46. The second-order valence-corrected chi connectivity index (χ2v) is 10.5. The largest absolute Gasteiger partial charge is 0.387 e. The maximum absolute atomic E-state index is 13.6. The molecule has 0 bridgehead atoms. The Hall–Kier alpha value is -2.03. The van der Waals surface area contributed by atoms with Gasteiger partial charge in [0.25, 0.3) is 0 Å². The van der Waals surface area contributed by atoms with Crippen LogP contribution in [0.2, 0.25) is 0 Å². The number of halogens is 1. The van der Waals surface area contributed by atoms with Gasteiger partial charge in [0.05, 0.1) is 17.7 Å². The standard InChI is InChI=1S/C25H34BrN5O2/c1-16(2)13-27-14-20(18-4-6-19(26)7-5-18)25(33)31-10-8-30(9-11-31)24-22-17(3)12-21(32)23(22)28-15-29-24/h4-7,15-17,20-21,27,32H,8-14H2,1-3H3/t17-,20-,21-/m1/s1. The number of amides is 1. The Kier molecular flexibility index (Phi) is 7.66. The molecule has 33 heavy (non-hydrogen) atoms. The monoisotopic (exact) mass is 515 g/mol. The Balaban J connectivity index is 1.45. The Morgan fingerprint density at radius 1 is 1.15 bits per heavy atom. The van der Waals surface area contributed by atoms with Gasteiger partial charge in [-0.05, 0) is 42.5 Å². The number of hydrogen-bond donors (Lipinski definition) is 2. The molecule has 0 radical (unpaired) electrons. The van der Waals surface area contributed by atoms with Crippen molar-refractivity contribution in [2.24, 2.45) is 5.92 Å². The van der Waals surface area contributed by atoms with Crippen molar-refractivity contribution in [3.63, 3.8) is 0 Å². The number of fused-ring (bicyclic) bond motifs is 1. The lowest BCUT2D eigenvalue weighted by Gasteiger charge is -2.38. The first-order chi connectivity index (χ1) is 15.8. The molecular weight excluding hydrogens is 482 g/mol. The molecule has 1 aliphatic carbocycles. The third kappa shape index (κ3) is 5.39. The molecule has 1 amide bonds. The minimum Gasteiger partial charge on any atom is -0.387 e. The molecule has 0 saturated carbocycles. The number of hydrogen-bond acceptors (Lipinski definition) is 6. The van der Waals surface area contributed by atoms with Gasteiger partial charge >= 0.3 is 0 Å². The zero-order valence-corrected chi connectivity index (χ0v) is 21.3. The van der Waals surface area contributed by atoms with E-state index in [-0.39, 0.29) is 17.7 Å². The van der Waals surface area contributed by atoms with E-state index < -0.39 is 6.10 Å². The van der Waals surface area contributed by atoms with Gasteiger partial charge in [-0.3, -0.25) is 4.79 Å². The van der Waals surface area contributed by atoms with Gasteiger partial charge in [-0.25, -0.2) is 9.97 Å². The summed E-state index contributed by atoms with van der Waals surface area (Å²) in [6, 6.07) is 8.08. The molecule has 1 fully saturated rings. The third-order valence-corrected chi connectivity index (χ3v) is 7.17. The summed E-state index contributed by atoms with van der Waals surface area (Å²) in [6.07, 6.45) is 1.74. The molecule has 8 heteroatoms. The van der Waals surface area contributed by atoms with E-state index in [0.717, 1.165) is 46.7 Å². The van der Waals surface area contributed by atoms with E-state index in [4.69, 9.17) is 0 Å². The van der Waals surface area contributed by atoms with Gasteiger partial charge in [0.1, 0.15) is 12.1 Å². The number of rotatable bonds is 7. The van der Waals surface area contributed by atoms with Crippen LogP contribution >= 0.6 is 15.9 Å². The minimum absolute atomic E-state index is 0.171. The lowest BCUT2D eigenvalue weighted by atomic mass is 9.96. The molecule has 178 valence electrons. The molecule has 7 nitrogen and oxygen atoms in total. The van der Waals surface area contributed by atoms with E-state index in [1.807, 2.05) is 29.2 Å².